The van der Waals surface area contributed by atoms with E-state index in [4.69, 9.17) is 18.1 Å². The molecule has 1 aromatic carbocycles. The lowest BCUT2D eigenvalue weighted by Crippen LogP contribution is -2.27. The van der Waals surface area contributed by atoms with E-state index < -0.39 is 0 Å². The quantitative estimate of drug-likeness (QED) is 0.535. The molecule has 2 heterocycles. The minimum Gasteiger partial charge on any atom is -0.334 e. The first-order valence-corrected chi connectivity index (χ1v) is 6.58. The van der Waals surface area contributed by atoms with Crippen molar-refractivity contribution in [1.82, 2.24) is 9.66 Å². The zero-order valence-electron chi connectivity index (χ0n) is 9.51. The van der Waals surface area contributed by atoms with Crippen LogP contribution in [0.3, 0.4) is 0 Å². The van der Waals surface area contributed by atoms with Crippen LogP contribution in [0.4, 0.5) is 4.39 Å². The van der Waals surface area contributed by atoms with E-state index in [1.807, 2.05) is 6.07 Å². The highest BCUT2D eigenvalue weighted by molar-refractivity contribution is 7.71. The molecule has 3 rings (SSSR count). The summed E-state index contributed by atoms with van der Waals surface area (Å²) in [7, 11) is 0. The Hall–Kier alpha value is -1.99. The Morgan fingerprint density at radius 2 is 2.00 bits per heavy atom. The van der Waals surface area contributed by atoms with Crippen LogP contribution in [-0.2, 0) is 0 Å². The Balaban J connectivity index is 2.28. The van der Waals surface area contributed by atoms with Crippen LogP contribution in [-0.4, -0.2) is 9.66 Å². The van der Waals surface area contributed by atoms with Gasteiger partial charge in [0.25, 0.3) is 5.56 Å². The summed E-state index contributed by atoms with van der Waals surface area (Å²) >= 11 is 6.24. The van der Waals surface area contributed by atoms with Gasteiger partial charge in [-0.2, -0.15) is 4.68 Å². The summed E-state index contributed by atoms with van der Waals surface area (Å²) in [6.07, 6.45) is 0. The fraction of sp³-hybridized carbons (Fsp3) is 0. The molecular weight excluding hydrogens is 285 g/mol. The number of halogens is 1. The number of fused-ring (bicyclic) bond motifs is 1. The van der Waals surface area contributed by atoms with Crippen molar-refractivity contribution in [2.45, 2.75) is 0 Å². The van der Waals surface area contributed by atoms with Crippen LogP contribution >= 0.6 is 23.6 Å². The van der Waals surface area contributed by atoms with Gasteiger partial charge in [-0.05, 0) is 36.0 Å². The Morgan fingerprint density at radius 1 is 1.32 bits per heavy atom. The molecular formula is C12H8FN3OS2. The molecule has 0 aliphatic carbocycles. The Labute approximate surface area is 115 Å². The average Bonchev–Trinajstić information content (AvgIpc) is 2.81. The first-order chi connectivity index (χ1) is 9.06. The first-order valence-electron chi connectivity index (χ1n) is 5.36. The van der Waals surface area contributed by atoms with E-state index in [0.29, 0.717) is 10.2 Å². The monoisotopic (exact) mass is 293 g/mol. The van der Waals surface area contributed by atoms with E-state index in [-0.39, 0.29) is 16.1 Å². The highest BCUT2D eigenvalue weighted by Crippen LogP contribution is 2.30. The van der Waals surface area contributed by atoms with Gasteiger partial charge in [0.15, 0.2) is 4.77 Å². The van der Waals surface area contributed by atoms with Crippen LogP contribution in [0.2, 0.25) is 0 Å². The molecule has 0 fully saturated rings. The molecule has 2 aromatic heterocycles. The summed E-state index contributed by atoms with van der Waals surface area (Å²) in [5, 5.41) is 0. The van der Waals surface area contributed by atoms with E-state index in [1.165, 1.54) is 23.5 Å². The van der Waals surface area contributed by atoms with E-state index >= 15 is 0 Å². The third-order valence-corrected chi connectivity index (χ3v) is 4.21. The zero-order chi connectivity index (χ0) is 13.6. The van der Waals surface area contributed by atoms with Gasteiger partial charge < -0.3 is 10.8 Å². The summed E-state index contributed by atoms with van der Waals surface area (Å²) in [6.45, 7) is 0. The summed E-state index contributed by atoms with van der Waals surface area (Å²) in [6, 6.07) is 7.89. The van der Waals surface area contributed by atoms with E-state index in [2.05, 4.69) is 4.98 Å². The number of hydrogen-bond acceptors (Lipinski definition) is 4. The van der Waals surface area contributed by atoms with Gasteiger partial charge in [0, 0.05) is 4.88 Å². The van der Waals surface area contributed by atoms with Crippen molar-refractivity contribution in [3.05, 3.63) is 51.3 Å². The third-order valence-electron chi connectivity index (χ3n) is 2.73. The van der Waals surface area contributed by atoms with Crippen molar-refractivity contribution in [2.24, 2.45) is 0 Å². The lowest BCUT2D eigenvalue weighted by atomic mass is 10.2. The fourth-order valence-electron chi connectivity index (χ4n) is 1.78. The standard InChI is InChI=1S/C12H8FN3OS2/c13-7-3-1-6(2-4-7)9-5-8-10(19-9)11(17)16(14)12(18)15-8/h1-5H,14H2,(H,15,18). The van der Waals surface area contributed by atoms with Crippen LogP contribution in [0, 0.1) is 10.6 Å². The molecule has 3 aromatic rings. The van der Waals surface area contributed by atoms with E-state index in [1.54, 1.807) is 12.1 Å². The molecule has 0 aliphatic rings. The summed E-state index contributed by atoms with van der Waals surface area (Å²) in [5.41, 5.74) is 1.14. The molecule has 7 heteroatoms. The maximum atomic E-state index is 12.9. The van der Waals surface area contributed by atoms with Crippen molar-refractivity contribution in [1.29, 1.82) is 0 Å². The first kappa shape index (κ1) is 12.1. The number of nitrogen functional groups attached to an aromatic ring is 1. The molecule has 19 heavy (non-hydrogen) atoms. The number of thiophene rings is 1. The summed E-state index contributed by atoms with van der Waals surface area (Å²) in [5.74, 6) is 5.24. The zero-order valence-corrected chi connectivity index (χ0v) is 11.1. The molecule has 0 saturated heterocycles. The summed E-state index contributed by atoms with van der Waals surface area (Å²) < 4.78 is 14.5. The number of rotatable bonds is 1. The largest absolute Gasteiger partial charge is 0.334 e. The predicted molar refractivity (Wildman–Crippen MR) is 76.8 cm³/mol. The maximum Gasteiger partial charge on any atom is 0.290 e. The van der Waals surface area contributed by atoms with E-state index in [0.717, 1.165) is 15.1 Å². The molecule has 0 radical (unpaired) electrons. The normalized spacial score (nSPS) is 11.0. The number of aromatic nitrogens is 2. The Kier molecular flexibility index (Phi) is 2.72. The topological polar surface area (TPSA) is 63.8 Å². The van der Waals surface area contributed by atoms with Crippen molar-refractivity contribution < 1.29 is 4.39 Å². The molecule has 0 saturated carbocycles. The minimum atomic E-state index is -0.336. The van der Waals surface area contributed by atoms with Crippen LogP contribution in [0.25, 0.3) is 20.7 Å². The molecule has 0 atom stereocenters. The number of benzene rings is 1. The third kappa shape index (κ3) is 1.96. The fourth-order valence-corrected chi connectivity index (χ4v) is 3.03. The van der Waals surface area contributed by atoms with Crippen LogP contribution < -0.4 is 11.4 Å². The Morgan fingerprint density at radius 3 is 2.68 bits per heavy atom. The molecule has 0 aliphatic heterocycles. The van der Waals surface area contributed by atoms with Gasteiger partial charge in [0.05, 0.1) is 5.52 Å². The second kappa shape index (κ2) is 4.29. The highest BCUT2D eigenvalue weighted by Gasteiger charge is 2.10. The molecule has 4 nitrogen and oxygen atoms in total. The minimum absolute atomic E-state index is 0.168. The van der Waals surface area contributed by atoms with Gasteiger partial charge in [-0.1, -0.05) is 12.1 Å². The highest BCUT2D eigenvalue weighted by atomic mass is 32.1. The summed E-state index contributed by atoms with van der Waals surface area (Å²) in [4.78, 5) is 15.7. The Bertz CT molecular complexity index is 877. The number of nitrogens with two attached hydrogens (primary N) is 1. The van der Waals surface area contributed by atoms with Gasteiger partial charge in [0.1, 0.15) is 10.5 Å². The second-order valence-corrected chi connectivity index (χ2v) is 5.40. The second-order valence-electron chi connectivity index (χ2n) is 3.97. The molecule has 96 valence electrons. The van der Waals surface area contributed by atoms with Gasteiger partial charge in [-0.25, -0.2) is 4.39 Å². The van der Waals surface area contributed by atoms with Gasteiger partial charge in [-0.15, -0.1) is 11.3 Å². The molecule has 3 N–H and O–H groups in total. The van der Waals surface area contributed by atoms with Crippen LogP contribution in [0.1, 0.15) is 0 Å². The average molecular weight is 293 g/mol. The number of aromatic amines is 1. The smallest absolute Gasteiger partial charge is 0.290 e. The van der Waals surface area contributed by atoms with Crippen molar-refractivity contribution in [3.63, 3.8) is 0 Å². The molecule has 0 bridgehead atoms. The molecule has 0 spiro atoms. The van der Waals surface area contributed by atoms with Crippen LogP contribution in [0.15, 0.2) is 35.1 Å². The van der Waals surface area contributed by atoms with Crippen molar-refractivity contribution in [2.75, 3.05) is 5.84 Å². The maximum absolute atomic E-state index is 12.9. The predicted octanol–water partition coefficient (Wildman–Crippen LogP) is 2.64. The van der Waals surface area contributed by atoms with Gasteiger partial charge >= 0.3 is 0 Å². The van der Waals surface area contributed by atoms with Crippen molar-refractivity contribution in [3.8, 4) is 10.4 Å². The van der Waals surface area contributed by atoms with Crippen molar-refractivity contribution >= 4 is 33.8 Å². The molecule has 0 amide bonds. The number of H-pyrrole nitrogens is 1. The lowest BCUT2D eigenvalue weighted by Gasteiger charge is -1.96. The molecule has 0 unspecified atom stereocenters. The number of nitrogens with zero attached hydrogens (tertiary/aromatic N) is 1. The SMILES string of the molecule is Nn1c(=S)[nH]c2cc(-c3ccc(F)cc3)sc2c1=O. The number of hydrogen-bond donors (Lipinski definition) is 2. The van der Waals surface area contributed by atoms with Gasteiger partial charge in [0.2, 0.25) is 0 Å². The van der Waals surface area contributed by atoms with Crippen LogP contribution in [0.5, 0.6) is 0 Å². The van der Waals surface area contributed by atoms with E-state index in [9.17, 15) is 9.18 Å². The van der Waals surface area contributed by atoms with Gasteiger partial charge in [-0.3, -0.25) is 4.79 Å². The number of nitrogens with one attached hydrogen (secondary N) is 1. The lowest BCUT2D eigenvalue weighted by molar-refractivity contribution is 0.628.